The van der Waals surface area contributed by atoms with Crippen LogP contribution >= 0.6 is 0 Å². The smallest absolute Gasteiger partial charge is 0.331 e. The first-order valence-corrected chi connectivity index (χ1v) is 35.5. The van der Waals surface area contributed by atoms with E-state index in [-0.39, 0.29) is 18.9 Å². The highest BCUT2D eigenvalue weighted by molar-refractivity contribution is 5.87. The maximum atomic E-state index is 14.5. The molecule has 0 radical (unpaired) electrons. The van der Waals surface area contributed by atoms with Gasteiger partial charge in [-0.15, -0.1) is 0 Å². The first-order chi connectivity index (χ1) is 46.1. The van der Waals surface area contributed by atoms with E-state index in [1.54, 1.807) is 44.2 Å². The van der Waals surface area contributed by atoms with E-state index in [2.05, 4.69) is 13.8 Å². The lowest BCUT2D eigenvalue weighted by Crippen LogP contribution is -2.68. The van der Waals surface area contributed by atoms with Gasteiger partial charge in [-0.1, -0.05) is 154 Å². The Morgan fingerprint density at radius 2 is 1.12 bits per heavy atom. The van der Waals surface area contributed by atoms with Crippen LogP contribution in [-0.4, -0.2) is 231 Å². The summed E-state index contributed by atoms with van der Waals surface area (Å²) in [5, 5.41) is 92.4. The molecule has 7 rings (SSSR count). The normalized spacial score (nSPS) is 38.8. The van der Waals surface area contributed by atoms with E-state index in [4.69, 9.17) is 66.3 Å². The second-order valence-electron chi connectivity index (χ2n) is 26.8. The Balaban J connectivity index is 1.25. The van der Waals surface area contributed by atoms with Gasteiger partial charge in [0.1, 0.15) is 73.2 Å². The highest BCUT2D eigenvalue weighted by atomic mass is 16.8. The largest absolute Gasteiger partial charge is 0.455 e. The Morgan fingerprint density at radius 1 is 0.531 bits per heavy atom. The van der Waals surface area contributed by atoms with Gasteiger partial charge in [0.25, 0.3) is 0 Å². The van der Waals surface area contributed by atoms with E-state index in [1.807, 2.05) is 0 Å². The van der Waals surface area contributed by atoms with Gasteiger partial charge in [0.2, 0.25) is 0 Å². The summed E-state index contributed by atoms with van der Waals surface area (Å²) in [6.45, 7) is 12.9. The molecule has 0 aliphatic carbocycles. The van der Waals surface area contributed by atoms with E-state index >= 15 is 0 Å². The molecule has 548 valence electrons. The highest BCUT2D eigenvalue weighted by Gasteiger charge is 2.59. The van der Waals surface area contributed by atoms with E-state index in [0.29, 0.717) is 50.5 Å². The second kappa shape index (κ2) is 39.9. The van der Waals surface area contributed by atoms with Gasteiger partial charge in [0, 0.05) is 18.9 Å². The lowest BCUT2D eigenvalue weighted by Gasteiger charge is -2.51. The van der Waals surface area contributed by atoms with Gasteiger partial charge in [-0.3, -0.25) is 14.4 Å². The number of benzene rings is 1. The molecule has 6 aliphatic rings. The fraction of sp³-hybridized carbons (Fsp3) is 0.829. The lowest BCUT2D eigenvalue weighted by atomic mass is 9.95. The van der Waals surface area contributed by atoms with Gasteiger partial charge >= 0.3 is 23.9 Å². The number of carbonyl (C=O) groups is 4. The van der Waals surface area contributed by atoms with Gasteiger partial charge in [-0.25, -0.2) is 4.79 Å². The van der Waals surface area contributed by atoms with Crippen LogP contribution in [0.15, 0.2) is 36.4 Å². The Morgan fingerprint density at radius 3 is 1.82 bits per heavy atom. The molecule has 6 aliphatic heterocycles. The second-order valence-corrected chi connectivity index (χ2v) is 26.8. The molecule has 6 saturated heterocycles. The zero-order valence-corrected chi connectivity index (χ0v) is 57.3. The molecule has 1 unspecified atom stereocenters. The number of aliphatic hydroxyl groups is 8. The van der Waals surface area contributed by atoms with E-state index < -0.39 is 190 Å². The Kier molecular flexibility index (Phi) is 33.1. The van der Waals surface area contributed by atoms with Crippen molar-refractivity contribution in [2.24, 2.45) is 5.92 Å². The summed E-state index contributed by atoms with van der Waals surface area (Å²) >= 11 is 0. The predicted molar refractivity (Wildman–Crippen MR) is 342 cm³/mol. The Labute approximate surface area is 565 Å². The summed E-state index contributed by atoms with van der Waals surface area (Å²) in [7, 11) is 0. The summed E-state index contributed by atoms with van der Waals surface area (Å²) < 4.78 is 89.3. The molecule has 0 amide bonds. The maximum Gasteiger partial charge on any atom is 0.331 e. The molecule has 27 atom stereocenters. The third kappa shape index (κ3) is 22.3. The molecule has 6 fully saturated rings. The SMILES string of the molecule is CCCCCCCCCC(=O)O[C@H]1[C@H](O[C@@H]2[C@@H](O)[C@H]3OC(=O)CCCCCCCCCC(CCCCC)O[C@@H]4O[C@H](CO)[C@H](O)[C@H](O)[C@H]4O[C@@H]3O[C@H]2C)O[C@@H](C)[C@H](O[C@@H]2O[C@@H](C)[C@H](OC(=O)[C@@H](C)CC)[C@@H](OC(=O)/C=C/c3ccccc3)[C@H]2O)[C@H]1O[C@@H]1O[C@@H](C)[C@H](O)[C@@H](O)[C@H]1O. The molecule has 26 nitrogen and oxygen atoms in total. The van der Waals surface area contributed by atoms with Crippen molar-refractivity contribution in [1.29, 1.82) is 0 Å². The topological polar surface area (TPSA) is 359 Å². The molecule has 96 heavy (non-hydrogen) atoms. The summed E-state index contributed by atoms with van der Waals surface area (Å²) in [5.74, 6) is -3.70. The third-order valence-electron chi connectivity index (χ3n) is 19.1. The van der Waals surface area contributed by atoms with Gasteiger partial charge in [0.05, 0.1) is 43.0 Å². The van der Waals surface area contributed by atoms with E-state index in [1.165, 1.54) is 33.8 Å². The van der Waals surface area contributed by atoms with Gasteiger partial charge in [-0.05, 0) is 71.4 Å². The van der Waals surface area contributed by atoms with Crippen LogP contribution in [0, 0.1) is 5.92 Å². The first-order valence-electron chi connectivity index (χ1n) is 35.5. The number of hydrogen-bond acceptors (Lipinski definition) is 26. The zero-order valence-electron chi connectivity index (χ0n) is 57.3. The average molecular weight is 1370 g/mol. The minimum absolute atomic E-state index is 0.0648. The van der Waals surface area contributed by atoms with E-state index in [9.17, 15) is 60.0 Å². The summed E-state index contributed by atoms with van der Waals surface area (Å²) in [6, 6.07) is 8.87. The summed E-state index contributed by atoms with van der Waals surface area (Å²) in [5.41, 5.74) is 0.659. The molecule has 0 bridgehead atoms. The number of unbranched alkanes of at least 4 members (excludes halogenated alkanes) is 8. The lowest BCUT2D eigenvalue weighted by molar-refractivity contribution is -0.400. The molecule has 26 heteroatoms. The molecular weight excluding hydrogens is 1260 g/mol. The van der Waals surface area contributed by atoms with Crippen LogP contribution in [0.25, 0.3) is 6.08 Å². The summed E-state index contributed by atoms with van der Waals surface area (Å²) in [4.78, 5) is 55.7. The van der Waals surface area contributed by atoms with Crippen LogP contribution in [-0.2, 0) is 85.5 Å². The minimum Gasteiger partial charge on any atom is -0.455 e. The van der Waals surface area contributed by atoms with E-state index in [0.717, 1.165) is 89.5 Å². The standard InChI is InChI=1S/C70H112O26/c1-9-12-14-15-17-21-29-35-48(73)91-64-63(96-66-54(79)52(77)50(75)40(5)83-66)59(94-67-56(81)60(58(42(7)84-67)92-65(82)39(4)11-3)89-49(74)37-36-44-30-25-23-26-31-44)43(8)86-70(64)93-57-41(6)85-68-62(55(57)80)90-47(72)34-28-22-19-16-18-20-27-33-45(32-24-13-10-2)87-69-61(95-68)53(78)51(76)46(38-71)88-69/h23,25-26,30-31,36-37,39-43,45-46,50-64,66-71,75-81H,9-22,24,27-29,32-35,38H2,1-8H3/b37-36+/t39-,40-,41-,42-,43-,45?,46+,50-,51-,52+,53-,54+,55+,56+,57-,58-,59-,60-,61+,62+,63+,64+,66-,67-,68-,69+,70-/m0/s1. The number of fused-ring (bicyclic) bond motifs is 2. The van der Waals surface area contributed by atoms with Crippen molar-refractivity contribution in [2.75, 3.05) is 6.61 Å². The quantitative estimate of drug-likeness (QED) is 0.0235. The minimum atomic E-state index is -1.96. The molecule has 1 aromatic rings. The molecule has 0 aromatic heterocycles. The van der Waals surface area contributed by atoms with Crippen LogP contribution in [0.1, 0.15) is 202 Å². The fourth-order valence-corrected chi connectivity index (χ4v) is 13.0. The van der Waals surface area contributed by atoms with Crippen molar-refractivity contribution in [2.45, 2.75) is 356 Å². The van der Waals surface area contributed by atoms with Crippen LogP contribution in [0.2, 0.25) is 0 Å². The van der Waals surface area contributed by atoms with Crippen molar-refractivity contribution in [3.63, 3.8) is 0 Å². The molecule has 0 saturated carbocycles. The predicted octanol–water partition coefficient (Wildman–Crippen LogP) is 5.79. The van der Waals surface area contributed by atoms with Crippen LogP contribution in [0.4, 0.5) is 0 Å². The van der Waals surface area contributed by atoms with Crippen molar-refractivity contribution in [1.82, 2.24) is 0 Å². The van der Waals surface area contributed by atoms with Crippen LogP contribution in [0.3, 0.4) is 0 Å². The first kappa shape index (κ1) is 79.4. The van der Waals surface area contributed by atoms with Crippen molar-refractivity contribution in [3.05, 3.63) is 42.0 Å². The number of esters is 4. The number of rotatable bonds is 26. The number of carbonyl (C=O) groups excluding carboxylic acids is 4. The Bertz CT molecular complexity index is 2480. The van der Waals surface area contributed by atoms with Gasteiger partial charge in [0.15, 0.2) is 55.9 Å². The van der Waals surface area contributed by atoms with Crippen molar-refractivity contribution in [3.8, 4) is 0 Å². The average Bonchev–Trinajstić information content (AvgIpc) is 0.771. The van der Waals surface area contributed by atoms with Crippen molar-refractivity contribution >= 4 is 30.0 Å². The van der Waals surface area contributed by atoms with Crippen molar-refractivity contribution < 1.29 is 126 Å². The number of aliphatic hydroxyl groups excluding tert-OH is 8. The number of hydrogen-bond donors (Lipinski definition) is 8. The molecule has 1 aromatic carbocycles. The highest BCUT2D eigenvalue weighted by Crippen LogP contribution is 2.40. The monoisotopic (exact) mass is 1370 g/mol. The summed E-state index contributed by atoms with van der Waals surface area (Å²) in [6.07, 6.45) is -22.2. The maximum absolute atomic E-state index is 14.5. The van der Waals surface area contributed by atoms with Crippen LogP contribution in [0.5, 0.6) is 0 Å². The van der Waals surface area contributed by atoms with Crippen LogP contribution < -0.4 is 0 Å². The number of ether oxygens (including phenoxy) is 14. The zero-order chi connectivity index (χ0) is 69.6. The Hall–Kier alpha value is -3.88. The van der Waals surface area contributed by atoms with Gasteiger partial charge in [-0.2, -0.15) is 0 Å². The molecule has 8 N–H and O–H groups in total. The third-order valence-corrected chi connectivity index (χ3v) is 19.1. The molecular formula is C70H112O26. The van der Waals surface area contributed by atoms with Gasteiger partial charge < -0.3 is 107 Å². The fourth-order valence-electron chi connectivity index (χ4n) is 13.0. The molecule has 0 spiro atoms. The molecule has 6 heterocycles.